The monoisotopic (exact) mass is 461 g/mol. The fourth-order valence-electron chi connectivity index (χ4n) is 3.51. The smallest absolute Gasteiger partial charge is 0.263 e. The van der Waals surface area contributed by atoms with Gasteiger partial charge >= 0.3 is 0 Å². The lowest BCUT2D eigenvalue weighted by Crippen LogP contribution is -2.39. The molecule has 33 heavy (non-hydrogen) atoms. The quantitative estimate of drug-likeness (QED) is 0.373. The van der Waals surface area contributed by atoms with Crippen LogP contribution in [0.5, 0.6) is 0 Å². The predicted octanol–water partition coefficient (Wildman–Crippen LogP) is 3.37. The number of sulfonamides is 1. The molecule has 0 aliphatic rings. The molecule has 0 fully saturated rings. The van der Waals surface area contributed by atoms with Gasteiger partial charge in [-0.3, -0.25) is 9.52 Å². The fourth-order valence-corrected chi connectivity index (χ4v) is 4.58. The Morgan fingerprint density at radius 3 is 2.39 bits per heavy atom. The minimum absolute atomic E-state index is 0.0633. The zero-order valence-corrected chi connectivity index (χ0v) is 18.5. The lowest BCUT2D eigenvalue weighted by molar-refractivity contribution is 0.0917. The molecule has 4 rings (SSSR count). The fraction of sp³-hybridized carbons (Fsp3) is 0.120. The highest BCUT2D eigenvalue weighted by Crippen LogP contribution is 2.22. The van der Waals surface area contributed by atoms with Crippen molar-refractivity contribution in [2.75, 3.05) is 11.3 Å². The molecular weight excluding hydrogens is 438 g/mol. The molecule has 0 aliphatic heterocycles. The molecule has 168 valence electrons. The van der Waals surface area contributed by atoms with Gasteiger partial charge in [-0.1, -0.05) is 60.7 Å². The standard InChI is InChI=1S/C25H23N3O4S/c29-17-21(15-18-7-2-1-3-8-18)27-25(30)23-11-6-14-26-24(23)28-33(31,32)22-13-12-19-9-4-5-10-20(19)16-22/h1-14,16,21,29H,15,17H2,(H,26,28)(H,27,30). The molecule has 3 N–H and O–H groups in total. The van der Waals surface area contributed by atoms with Crippen LogP contribution < -0.4 is 10.0 Å². The Bertz CT molecular complexity index is 1370. The molecule has 0 saturated carbocycles. The molecule has 7 nitrogen and oxygen atoms in total. The minimum Gasteiger partial charge on any atom is -0.394 e. The summed E-state index contributed by atoms with van der Waals surface area (Å²) >= 11 is 0. The van der Waals surface area contributed by atoms with Crippen LogP contribution in [0.15, 0.2) is 96.0 Å². The summed E-state index contributed by atoms with van der Waals surface area (Å²) in [5.74, 6) is -0.617. The van der Waals surface area contributed by atoms with Crippen LogP contribution in [0, 0.1) is 0 Å². The highest BCUT2D eigenvalue weighted by Gasteiger charge is 2.22. The van der Waals surface area contributed by atoms with Crippen molar-refractivity contribution in [2.45, 2.75) is 17.4 Å². The van der Waals surface area contributed by atoms with Gasteiger partial charge in [-0.05, 0) is 47.0 Å². The second-order valence-corrected chi connectivity index (χ2v) is 9.24. The van der Waals surface area contributed by atoms with E-state index in [2.05, 4.69) is 15.0 Å². The van der Waals surface area contributed by atoms with Gasteiger partial charge < -0.3 is 10.4 Å². The maximum atomic E-state index is 13.0. The van der Waals surface area contributed by atoms with Gasteiger partial charge in [-0.2, -0.15) is 0 Å². The third-order valence-corrected chi connectivity index (χ3v) is 6.53. The number of aliphatic hydroxyl groups is 1. The normalized spacial score (nSPS) is 12.3. The summed E-state index contributed by atoms with van der Waals surface area (Å²) < 4.78 is 28.5. The molecule has 4 aromatic rings. The van der Waals surface area contributed by atoms with Gasteiger partial charge in [0.25, 0.3) is 15.9 Å². The first kappa shape index (κ1) is 22.4. The number of rotatable bonds is 8. The van der Waals surface area contributed by atoms with Crippen LogP contribution in [0.4, 0.5) is 5.82 Å². The highest BCUT2D eigenvalue weighted by molar-refractivity contribution is 7.92. The van der Waals surface area contributed by atoms with Gasteiger partial charge in [-0.15, -0.1) is 0 Å². The van der Waals surface area contributed by atoms with Crippen molar-refractivity contribution in [1.29, 1.82) is 0 Å². The number of hydrogen-bond donors (Lipinski definition) is 3. The van der Waals surface area contributed by atoms with Gasteiger partial charge in [0, 0.05) is 6.20 Å². The zero-order valence-electron chi connectivity index (χ0n) is 17.7. The van der Waals surface area contributed by atoms with Crippen molar-refractivity contribution < 1.29 is 18.3 Å². The number of amides is 1. The van der Waals surface area contributed by atoms with Gasteiger partial charge in [0.05, 0.1) is 23.1 Å². The first-order valence-electron chi connectivity index (χ1n) is 10.4. The maximum absolute atomic E-state index is 13.0. The van der Waals surface area contributed by atoms with Crippen LogP contribution >= 0.6 is 0 Å². The van der Waals surface area contributed by atoms with Crippen LogP contribution in [-0.2, 0) is 16.4 Å². The second kappa shape index (κ2) is 9.81. The molecule has 0 aliphatic carbocycles. The summed E-state index contributed by atoms with van der Waals surface area (Å²) in [5.41, 5.74) is 1.02. The number of benzene rings is 3. The van der Waals surface area contributed by atoms with Crippen LogP contribution in [-0.4, -0.2) is 37.1 Å². The zero-order chi connectivity index (χ0) is 23.3. The number of pyridine rings is 1. The summed E-state index contributed by atoms with van der Waals surface area (Å²) in [6.45, 7) is -0.265. The summed E-state index contributed by atoms with van der Waals surface area (Å²) in [6.07, 6.45) is 1.84. The van der Waals surface area contributed by atoms with Gasteiger partial charge in [0.2, 0.25) is 0 Å². The second-order valence-electron chi connectivity index (χ2n) is 7.56. The Morgan fingerprint density at radius 2 is 1.64 bits per heavy atom. The summed E-state index contributed by atoms with van der Waals surface area (Å²) in [4.78, 5) is 17.1. The lowest BCUT2D eigenvalue weighted by Gasteiger charge is -2.18. The molecule has 1 aromatic heterocycles. The molecule has 1 unspecified atom stereocenters. The van der Waals surface area contributed by atoms with Crippen LogP contribution in [0.3, 0.4) is 0 Å². The molecule has 0 saturated heterocycles. The van der Waals surface area contributed by atoms with Crippen molar-refractivity contribution in [3.63, 3.8) is 0 Å². The Balaban J connectivity index is 1.55. The molecule has 0 bridgehead atoms. The minimum atomic E-state index is -3.99. The molecule has 0 radical (unpaired) electrons. The number of carbonyl (C=O) groups excluding carboxylic acids is 1. The number of fused-ring (bicyclic) bond motifs is 1. The number of nitrogens with zero attached hydrogens (tertiary/aromatic N) is 1. The average molecular weight is 462 g/mol. The van der Waals surface area contributed by atoms with E-state index < -0.39 is 22.0 Å². The van der Waals surface area contributed by atoms with Crippen molar-refractivity contribution in [3.8, 4) is 0 Å². The molecule has 0 spiro atoms. The summed E-state index contributed by atoms with van der Waals surface area (Å²) in [7, 11) is -3.99. The van der Waals surface area contributed by atoms with E-state index in [9.17, 15) is 18.3 Å². The van der Waals surface area contributed by atoms with E-state index in [0.29, 0.717) is 6.42 Å². The number of nitrogens with one attached hydrogen (secondary N) is 2. The SMILES string of the molecule is O=C(NC(CO)Cc1ccccc1)c1cccnc1NS(=O)(=O)c1ccc2ccccc2c1. The van der Waals surface area contributed by atoms with Crippen LogP contribution in [0.1, 0.15) is 15.9 Å². The third kappa shape index (κ3) is 5.36. The van der Waals surface area contributed by atoms with E-state index in [0.717, 1.165) is 16.3 Å². The Hall–Kier alpha value is -3.75. The van der Waals surface area contributed by atoms with Gasteiger partial charge in [0.1, 0.15) is 0 Å². The molecular formula is C25H23N3O4S. The Labute approximate surface area is 192 Å². The first-order valence-corrected chi connectivity index (χ1v) is 11.9. The molecule has 1 atom stereocenters. The molecule has 8 heteroatoms. The molecule has 1 amide bonds. The van der Waals surface area contributed by atoms with E-state index >= 15 is 0 Å². The number of carbonyl (C=O) groups is 1. The molecule has 3 aromatic carbocycles. The Kier molecular flexibility index (Phi) is 6.67. The van der Waals surface area contributed by atoms with E-state index in [-0.39, 0.29) is 22.9 Å². The van der Waals surface area contributed by atoms with Crippen molar-refractivity contribution in [1.82, 2.24) is 10.3 Å². The predicted molar refractivity (Wildman–Crippen MR) is 127 cm³/mol. The average Bonchev–Trinajstić information content (AvgIpc) is 2.84. The largest absolute Gasteiger partial charge is 0.394 e. The number of anilines is 1. The lowest BCUT2D eigenvalue weighted by atomic mass is 10.1. The summed E-state index contributed by atoms with van der Waals surface area (Å²) in [6, 6.07) is 24.2. The van der Waals surface area contributed by atoms with E-state index in [1.54, 1.807) is 18.2 Å². The number of aliphatic hydroxyl groups excluding tert-OH is 1. The highest BCUT2D eigenvalue weighted by atomic mass is 32.2. The topological polar surface area (TPSA) is 108 Å². The maximum Gasteiger partial charge on any atom is 0.263 e. The van der Waals surface area contributed by atoms with Crippen molar-refractivity contribution >= 4 is 32.5 Å². The third-order valence-electron chi connectivity index (χ3n) is 5.20. The number of aromatic nitrogens is 1. The molecule has 1 heterocycles. The Morgan fingerprint density at radius 1 is 0.909 bits per heavy atom. The first-order chi connectivity index (χ1) is 16.0. The summed E-state index contributed by atoms with van der Waals surface area (Å²) in [5, 5.41) is 14.2. The van der Waals surface area contributed by atoms with E-state index in [1.807, 2.05) is 54.6 Å². The van der Waals surface area contributed by atoms with E-state index in [1.165, 1.54) is 18.3 Å². The van der Waals surface area contributed by atoms with Gasteiger partial charge in [-0.25, -0.2) is 13.4 Å². The van der Waals surface area contributed by atoms with Gasteiger partial charge in [0.15, 0.2) is 5.82 Å². The van der Waals surface area contributed by atoms with Crippen molar-refractivity contribution in [2.24, 2.45) is 0 Å². The van der Waals surface area contributed by atoms with Crippen LogP contribution in [0.25, 0.3) is 10.8 Å². The van der Waals surface area contributed by atoms with E-state index in [4.69, 9.17) is 0 Å². The number of hydrogen-bond acceptors (Lipinski definition) is 5. The van der Waals surface area contributed by atoms with Crippen LogP contribution in [0.2, 0.25) is 0 Å². The van der Waals surface area contributed by atoms with Crippen molar-refractivity contribution in [3.05, 3.63) is 102 Å².